The van der Waals surface area contributed by atoms with E-state index in [9.17, 15) is 14.7 Å². The van der Waals surface area contributed by atoms with Crippen LogP contribution < -0.4 is 15.4 Å². The van der Waals surface area contributed by atoms with Gasteiger partial charge in [0.05, 0.1) is 7.11 Å². The molecule has 162 valence electrons. The van der Waals surface area contributed by atoms with Gasteiger partial charge in [0.15, 0.2) is 0 Å². The molecule has 0 spiro atoms. The molecule has 1 aliphatic heterocycles. The first-order chi connectivity index (χ1) is 14.3. The fraction of sp³-hybridized carbons (Fsp3) is 0.500. The molecule has 6 heteroatoms. The largest absolute Gasteiger partial charge is 0.496 e. The predicted octanol–water partition coefficient (Wildman–Crippen LogP) is 2.95. The van der Waals surface area contributed by atoms with Crippen molar-refractivity contribution in [3.05, 3.63) is 42.0 Å². The van der Waals surface area contributed by atoms with Gasteiger partial charge in [-0.05, 0) is 36.3 Å². The van der Waals surface area contributed by atoms with Gasteiger partial charge < -0.3 is 20.5 Å². The number of hydrogen-bond acceptors (Lipinski definition) is 4. The van der Waals surface area contributed by atoms with Gasteiger partial charge in [-0.2, -0.15) is 0 Å². The molecule has 1 heterocycles. The van der Waals surface area contributed by atoms with Crippen molar-refractivity contribution >= 4 is 22.6 Å². The molecule has 3 N–H and O–H groups in total. The minimum Gasteiger partial charge on any atom is -0.496 e. The Kier molecular flexibility index (Phi) is 6.66. The molecule has 3 rings (SSSR count). The monoisotopic (exact) mass is 412 g/mol. The zero-order valence-electron chi connectivity index (χ0n) is 18.1. The smallest absolute Gasteiger partial charge is 0.220 e. The molecule has 0 radical (unpaired) electrons. The van der Waals surface area contributed by atoms with Crippen molar-refractivity contribution in [2.24, 2.45) is 5.41 Å². The van der Waals surface area contributed by atoms with Crippen molar-refractivity contribution in [2.45, 2.75) is 51.5 Å². The molecule has 1 saturated heterocycles. The summed E-state index contributed by atoms with van der Waals surface area (Å²) in [7, 11) is 1.66. The Morgan fingerprint density at radius 2 is 1.97 bits per heavy atom. The van der Waals surface area contributed by atoms with Crippen LogP contribution in [0.25, 0.3) is 10.8 Å². The third-order valence-corrected chi connectivity index (χ3v) is 5.98. The number of nitrogens with one attached hydrogen (secondary N) is 2. The number of methoxy groups -OCH3 is 1. The van der Waals surface area contributed by atoms with Crippen LogP contribution in [0.3, 0.4) is 0 Å². The molecular weight excluding hydrogens is 380 g/mol. The lowest BCUT2D eigenvalue weighted by atomic mass is 9.83. The van der Waals surface area contributed by atoms with Crippen LogP contribution in [0, 0.1) is 5.41 Å². The Morgan fingerprint density at radius 3 is 2.60 bits per heavy atom. The summed E-state index contributed by atoms with van der Waals surface area (Å²) >= 11 is 0. The predicted molar refractivity (Wildman–Crippen MR) is 117 cm³/mol. The molecule has 0 aliphatic carbocycles. The molecule has 1 atom stereocenters. The molecule has 2 aromatic carbocycles. The highest BCUT2D eigenvalue weighted by atomic mass is 16.5. The fourth-order valence-corrected chi connectivity index (χ4v) is 4.05. The standard InChI is InChI=1S/C24H32N2O4/c1-23(2,16-27)15-25-21(28)10-12-24(13-11-22(29)26-24)14-17-8-9-20(30-3)19-7-5-4-6-18(17)19/h4-9,27H,10-16H2,1-3H3,(H,25,28)(H,26,29)/t24-/m1/s1. The Balaban J connectivity index is 1.76. The van der Waals surface area contributed by atoms with Crippen LogP contribution in [-0.4, -0.2) is 42.7 Å². The number of fused-ring (bicyclic) bond motifs is 1. The number of aliphatic hydroxyl groups is 1. The quantitative estimate of drug-likeness (QED) is 0.591. The molecular formula is C24H32N2O4. The van der Waals surface area contributed by atoms with Gasteiger partial charge in [-0.1, -0.05) is 44.2 Å². The highest BCUT2D eigenvalue weighted by Gasteiger charge is 2.38. The van der Waals surface area contributed by atoms with E-state index in [1.54, 1.807) is 7.11 Å². The van der Waals surface area contributed by atoms with Gasteiger partial charge in [0.25, 0.3) is 0 Å². The van der Waals surface area contributed by atoms with Gasteiger partial charge in [-0.25, -0.2) is 0 Å². The Bertz CT molecular complexity index is 925. The van der Waals surface area contributed by atoms with Gasteiger partial charge in [0.1, 0.15) is 5.75 Å². The van der Waals surface area contributed by atoms with E-state index in [2.05, 4.69) is 22.8 Å². The first-order valence-corrected chi connectivity index (χ1v) is 10.5. The van der Waals surface area contributed by atoms with Gasteiger partial charge in [-0.15, -0.1) is 0 Å². The summed E-state index contributed by atoms with van der Waals surface area (Å²) in [5, 5.41) is 17.6. The third-order valence-electron chi connectivity index (χ3n) is 5.98. The van der Waals surface area contributed by atoms with Gasteiger partial charge in [0.2, 0.25) is 11.8 Å². The van der Waals surface area contributed by atoms with E-state index in [0.717, 1.165) is 22.1 Å². The maximum absolute atomic E-state index is 12.4. The minimum atomic E-state index is -0.432. The summed E-state index contributed by atoms with van der Waals surface area (Å²) < 4.78 is 5.50. The van der Waals surface area contributed by atoms with Crippen molar-refractivity contribution in [2.75, 3.05) is 20.3 Å². The summed E-state index contributed by atoms with van der Waals surface area (Å²) in [5.74, 6) is 0.802. The van der Waals surface area contributed by atoms with E-state index < -0.39 is 5.54 Å². The van der Waals surface area contributed by atoms with E-state index in [1.165, 1.54) is 0 Å². The Morgan fingerprint density at radius 1 is 1.23 bits per heavy atom. The summed E-state index contributed by atoms with van der Waals surface area (Å²) in [6.07, 6.45) is 2.76. The zero-order valence-corrected chi connectivity index (χ0v) is 18.1. The Labute approximate surface area is 178 Å². The van der Waals surface area contributed by atoms with Crippen molar-refractivity contribution in [3.8, 4) is 5.75 Å². The third kappa shape index (κ3) is 5.11. The van der Waals surface area contributed by atoms with Crippen LogP contribution in [-0.2, 0) is 16.0 Å². The van der Waals surface area contributed by atoms with E-state index in [0.29, 0.717) is 38.6 Å². The zero-order chi connectivity index (χ0) is 21.8. The van der Waals surface area contributed by atoms with Crippen LogP contribution in [0.15, 0.2) is 36.4 Å². The first-order valence-electron chi connectivity index (χ1n) is 10.5. The topological polar surface area (TPSA) is 87.7 Å². The van der Waals surface area contributed by atoms with E-state index in [4.69, 9.17) is 4.74 Å². The first kappa shape index (κ1) is 22.1. The number of aliphatic hydroxyl groups excluding tert-OH is 1. The molecule has 6 nitrogen and oxygen atoms in total. The van der Waals surface area contributed by atoms with Crippen LogP contribution in [0.1, 0.15) is 45.1 Å². The van der Waals surface area contributed by atoms with Crippen molar-refractivity contribution in [1.82, 2.24) is 10.6 Å². The Hall–Kier alpha value is -2.60. The molecule has 2 amide bonds. The van der Waals surface area contributed by atoms with Crippen molar-refractivity contribution < 1.29 is 19.4 Å². The van der Waals surface area contributed by atoms with Crippen molar-refractivity contribution in [3.63, 3.8) is 0 Å². The number of amides is 2. The lowest BCUT2D eigenvalue weighted by Gasteiger charge is -2.30. The molecule has 0 unspecified atom stereocenters. The average molecular weight is 413 g/mol. The number of hydrogen-bond donors (Lipinski definition) is 3. The summed E-state index contributed by atoms with van der Waals surface area (Å²) in [4.78, 5) is 24.5. The normalized spacial score (nSPS) is 19.0. The summed E-state index contributed by atoms with van der Waals surface area (Å²) in [5.41, 5.74) is 0.352. The highest BCUT2D eigenvalue weighted by Crippen LogP contribution is 2.34. The fourth-order valence-electron chi connectivity index (χ4n) is 4.05. The lowest BCUT2D eigenvalue weighted by molar-refractivity contribution is -0.123. The van der Waals surface area contributed by atoms with E-state index >= 15 is 0 Å². The second kappa shape index (κ2) is 9.04. The van der Waals surface area contributed by atoms with Gasteiger partial charge in [-0.3, -0.25) is 9.59 Å². The minimum absolute atomic E-state index is 0.0117. The maximum atomic E-state index is 12.4. The van der Waals surface area contributed by atoms with Crippen LogP contribution >= 0.6 is 0 Å². The summed E-state index contributed by atoms with van der Waals surface area (Å²) in [6.45, 7) is 4.24. The molecule has 0 aromatic heterocycles. The molecule has 2 aromatic rings. The number of carbonyl (C=O) groups excluding carboxylic acids is 2. The van der Waals surface area contributed by atoms with Crippen LogP contribution in [0.5, 0.6) is 5.75 Å². The van der Waals surface area contributed by atoms with Crippen molar-refractivity contribution in [1.29, 1.82) is 0 Å². The average Bonchev–Trinajstić information content (AvgIpc) is 3.12. The van der Waals surface area contributed by atoms with Crippen LogP contribution in [0.4, 0.5) is 0 Å². The highest BCUT2D eigenvalue weighted by molar-refractivity contribution is 5.91. The SMILES string of the molecule is COc1ccc(C[C@@]2(CCC(=O)NCC(C)(C)CO)CCC(=O)N2)c2ccccc12. The second-order valence-electron chi connectivity index (χ2n) is 9.08. The van der Waals surface area contributed by atoms with Gasteiger partial charge >= 0.3 is 0 Å². The second-order valence-corrected chi connectivity index (χ2v) is 9.08. The van der Waals surface area contributed by atoms with Crippen LogP contribution in [0.2, 0.25) is 0 Å². The van der Waals surface area contributed by atoms with Gasteiger partial charge in [0, 0.05) is 42.3 Å². The molecule has 0 bridgehead atoms. The number of ether oxygens (including phenoxy) is 1. The molecule has 0 saturated carbocycles. The molecule has 1 aliphatic rings. The lowest BCUT2D eigenvalue weighted by Crippen LogP contribution is -2.45. The summed E-state index contributed by atoms with van der Waals surface area (Å²) in [6, 6.07) is 12.1. The van der Waals surface area contributed by atoms with E-state index in [1.807, 2.05) is 38.1 Å². The molecule has 30 heavy (non-hydrogen) atoms. The van der Waals surface area contributed by atoms with E-state index in [-0.39, 0.29) is 23.8 Å². The maximum Gasteiger partial charge on any atom is 0.220 e. The number of rotatable bonds is 9. The number of carbonyl (C=O) groups is 2. The molecule has 1 fully saturated rings. The number of benzene rings is 2.